The van der Waals surface area contributed by atoms with Gasteiger partial charge in [-0.25, -0.2) is 4.79 Å². The Morgan fingerprint density at radius 1 is 1.22 bits per heavy atom. The van der Waals surface area contributed by atoms with Crippen molar-refractivity contribution in [2.75, 3.05) is 7.11 Å². The van der Waals surface area contributed by atoms with Crippen LogP contribution in [0, 0.1) is 6.92 Å². The van der Waals surface area contributed by atoms with Gasteiger partial charge in [0.15, 0.2) is 0 Å². The summed E-state index contributed by atoms with van der Waals surface area (Å²) in [4.78, 5) is 15.0. The molecule has 1 aromatic carbocycles. The number of carboxylic acids is 1. The Hall–Kier alpha value is -2.36. The van der Waals surface area contributed by atoms with Gasteiger partial charge >= 0.3 is 5.97 Å². The topological polar surface area (TPSA) is 59.4 Å². The average Bonchev–Trinajstić information content (AvgIpc) is 2.38. The molecule has 1 N–H and O–H groups in total. The maximum absolute atomic E-state index is 10.9. The largest absolute Gasteiger partial charge is 0.495 e. The smallest absolute Gasteiger partial charge is 0.335 e. The van der Waals surface area contributed by atoms with Crippen molar-refractivity contribution in [3.8, 4) is 16.9 Å². The summed E-state index contributed by atoms with van der Waals surface area (Å²) in [6, 6.07) is 7.07. The van der Waals surface area contributed by atoms with Crippen LogP contribution in [0.3, 0.4) is 0 Å². The minimum absolute atomic E-state index is 0.314. The third-order valence-electron chi connectivity index (χ3n) is 2.74. The zero-order chi connectivity index (χ0) is 13.1. The molecule has 18 heavy (non-hydrogen) atoms. The Morgan fingerprint density at radius 3 is 2.61 bits per heavy atom. The van der Waals surface area contributed by atoms with E-state index in [-0.39, 0.29) is 0 Å². The van der Waals surface area contributed by atoms with Gasteiger partial charge in [-0.15, -0.1) is 0 Å². The summed E-state index contributed by atoms with van der Waals surface area (Å²) in [5.41, 5.74) is 2.86. The summed E-state index contributed by atoms with van der Waals surface area (Å²) in [6.45, 7) is 1.78. The van der Waals surface area contributed by atoms with E-state index in [0.717, 1.165) is 16.7 Å². The normalized spacial score (nSPS) is 10.1. The number of aromatic carboxylic acids is 1. The van der Waals surface area contributed by atoms with E-state index in [4.69, 9.17) is 9.84 Å². The molecule has 2 rings (SSSR count). The van der Waals surface area contributed by atoms with Crippen LogP contribution in [0.5, 0.6) is 5.75 Å². The van der Waals surface area contributed by atoms with Gasteiger partial charge in [0.1, 0.15) is 5.75 Å². The van der Waals surface area contributed by atoms with Crippen LogP contribution < -0.4 is 4.74 Å². The number of benzene rings is 1. The van der Waals surface area contributed by atoms with Gasteiger partial charge in [0.2, 0.25) is 0 Å². The van der Waals surface area contributed by atoms with Crippen LogP contribution in [-0.2, 0) is 0 Å². The highest BCUT2D eigenvalue weighted by molar-refractivity contribution is 5.90. The number of aromatic nitrogens is 1. The molecule has 4 nitrogen and oxygen atoms in total. The minimum Gasteiger partial charge on any atom is -0.495 e. The van der Waals surface area contributed by atoms with Crippen LogP contribution in [0.4, 0.5) is 0 Å². The quantitative estimate of drug-likeness (QED) is 0.900. The number of hydrogen-bond donors (Lipinski definition) is 1. The predicted octanol–water partition coefficient (Wildman–Crippen LogP) is 2.76. The lowest BCUT2D eigenvalue weighted by atomic mass is 10.0. The molecule has 0 spiro atoms. The van der Waals surface area contributed by atoms with Gasteiger partial charge in [-0.3, -0.25) is 4.98 Å². The molecule has 0 fully saturated rings. The van der Waals surface area contributed by atoms with Crippen molar-refractivity contribution >= 4 is 5.97 Å². The third kappa shape index (κ3) is 2.32. The second-order valence-electron chi connectivity index (χ2n) is 3.95. The van der Waals surface area contributed by atoms with Crippen molar-refractivity contribution in [3.63, 3.8) is 0 Å². The van der Waals surface area contributed by atoms with Crippen LogP contribution >= 0.6 is 0 Å². The number of nitrogens with zero attached hydrogens (tertiary/aromatic N) is 1. The van der Waals surface area contributed by atoms with Gasteiger partial charge in [0.05, 0.1) is 18.9 Å². The molecular formula is C14H13NO3. The molecule has 0 atom stereocenters. The van der Waals surface area contributed by atoms with Crippen LogP contribution in [0.15, 0.2) is 36.7 Å². The first kappa shape index (κ1) is 12.1. The molecule has 4 heteroatoms. The summed E-state index contributed by atoms with van der Waals surface area (Å²) >= 11 is 0. The van der Waals surface area contributed by atoms with Gasteiger partial charge in [-0.2, -0.15) is 0 Å². The van der Waals surface area contributed by atoms with Crippen LogP contribution in [0.1, 0.15) is 15.9 Å². The average molecular weight is 243 g/mol. The molecule has 0 unspecified atom stereocenters. The highest BCUT2D eigenvalue weighted by Crippen LogP contribution is 2.24. The zero-order valence-electron chi connectivity index (χ0n) is 10.2. The molecule has 2 aromatic rings. The van der Waals surface area contributed by atoms with Gasteiger partial charge in [0.25, 0.3) is 0 Å². The first-order chi connectivity index (χ1) is 8.61. The lowest BCUT2D eigenvalue weighted by Crippen LogP contribution is -1.99. The third-order valence-corrected chi connectivity index (χ3v) is 2.74. The molecule has 0 saturated heterocycles. The summed E-state index contributed by atoms with van der Waals surface area (Å²) in [5, 5.41) is 8.98. The number of aryl methyl sites for hydroxylation is 1. The number of carboxylic acid groups (broad SMARTS) is 1. The van der Waals surface area contributed by atoms with E-state index in [9.17, 15) is 4.79 Å². The Balaban J connectivity index is 2.45. The number of methoxy groups -OCH3 is 1. The SMILES string of the molecule is COc1cncc(-c2ccc(C(=O)O)c(C)c2)c1. The van der Waals surface area contributed by atoms with Crippen LogP contribution in [-0.4, -0.2) is 23.2 Å². The first-order valence-electron chi connectivity index (χ1n) is 5.45. The van der Waals surface area contributed by atoms with Crippen molar-refractivity contribution in [1.82, 2.24) is 4.98 Å². The van der Waals surface area contributed by atoms with Crippen molar-refractivity contribution < 1.29 is 14.6 Å². The number of pyridine rings is 1. The van der Waals surface area contributed by atoms with E-state index < -0.39 is 5.97 Å². The Labute approximate surface area is 105 Å². The molecule has 0 amide bonds. The highest BCUT2D eigenvalue weighted by atomic mass is 16.5. The van der Waals surface area contributed by atoms with Crippen molar-refractivity contribution in [3.05, 3.63) is 47.8 Å². The fraction of sp³-hybridized carbons (Fsp3) is 0.143. The van der Waals surface area contributed by atoms with Crippen molar-refractivity contribution in [2.24, 2.45) is 0 Å². The lowest BCUT2D eigenvalue weighted by molar-refractivity contribution is 0.0696. The molecule has 0 aliphatic rings. The summed E-state index contributed by atoms with van der Waals surface area (Å²) in [7, 11) is 1.58. The highest BCUT2D eigenvalue weighted by Gasteiger charge is 2.08. The minimum atomic E-state index is -0.914. The molecular weight excluding hydrogens is 230 g/mol. The van der Waals surface area contributed by atoms with E-state index in [2.05, 4.69) is 4.98 Å². The van der Waals surface area contributed by atoms with Gasteiger partial charge in [-0.1, -0.05) is 12.1 Å². The second-order valence-corrected chi connectivity index (χ2v) is 3.95. The number of ether oxygens (including phenoxy) is 1. The van der Waals surface area contributed by atoms with Crippen molar-refractivity contribution in [1.29, 1.82) is 0 Å². The Kier molecular flexibility index (Phi) is 3.28. The molecule has 92 valence electrons. The van der Waals surface area contributed by atoms with E-state index in [1.807, 2.05) is 12.1 Å². The standard InChI is InChI=1S/C14H13NO3/c1-9-5-10(3-4-13(9)14(16)17)11-6-12(18-2)8-15-7-11/h3-8H,1-2H3,(H,16,17). The number of hydrogen-bond acceptors (Lipinski definition) is 3. The van der Waals surface area contributed by atoms with E-state index >= 15 is 0 Å². The predicted molar refractivity (Wildman–Crippen MR) is 67.9 cm³/mol. The van der Waals surface area contributed by atoms with E-state index in [1.54, 1.807) is 38.6 Å². The molecule has 0 aliphatic heterocycles. The molecule has 1 heterocycles. The molecule has 0 aliphatic carbocycles. The zero-order valence-corrected chi connectivity index (χ0v) is 10.2. The lowest BCUT2D eigenvalue weighted by Gasteiger charge is -2.07. The summed E-state index contributed by atoms with van der Waals surface area (Å²) in [6.07, 6.45) is 3.35. The molecule has 1 aromatic heterocycles. The second kappa shape index (κ2) is 4.87. The summed E-state index contributed by atoms with van der Waals surface area (Å²) < 4.78 is 5.11. The van der Waals surface area contributed by atoms with Gasteiger partial charge in [0, 0.05) is 11.8 Å². The Bertz CT molecular complexity index is 593. The number of carbonyl (C=O) groups is 1. The molecule has 0 bridgehead atoms. The Morgan fingerprint density at radius 2 is 2.00 bits per heavy atom. The van der Waals surface area contributed by atoms with Crippen LogP contribution in [0.2, 0.25) is 0 Å². The fourth-order valence-electron chi connectivity index (χ4n) is 1.77. The van der Waals surface area contributed by atoms with Gasteiger partial charge < -0.3 is 9.84 Å². The first-order valence-corrected chi connectivity index (χ1v) is 5.45. The van der Waals surface area contributed by atoms with Gasteiger partial charge in [-0.05, 0) is 30.2 Å². The molecule has 0 saturated carbocycles. The fourth-order valence-corrected chi connectivity index (χ4v) is 1.77. The van der Waals surface area contributed by atoms with Crippen LogP contribution in [0.25, 0.3) is 11.1 Å². The number of rotatable bonds is 3. The van der Waals surface area contributed by atoms with E-state index in [1.165, 1.54) is 0 Å². The monoisotopic (exact) mass is 243 g/mol. The summed E-state index contributed by atoms with van der Waals surface area (Å²) in [5.74, 6) is -0.240. The molecule has 0 radical (unpaired) electrons. The van der Waals surface area contributed by atoms with E-state index in [0.29, 0.717) is 11.3 Å². The van der Waals surface area contributed by atoms with Crippen molar-refractivity contribution in [2.45, 2.75) is 6.92 Å². The maximum atomic E-state index is 10.9. The maximum Gasteiger partial charge on any atom is 0.335 e.